The van der Waals surface area contributed by atoms with Gasteiger partial charge in [-0.1, -0.05) is 13.8 Å². The van der Waals surface area contributed by atoms with E-state index in [2.05, 4.69) is 46.8 Å². The van der Waals surface area contributed by atoms with Gasteiger partial charge in [-0.3, -0.25) is 0 Å². The first-order valence-electron chi connectivity index (χ1n) is 8.84. The minimum absolute atomic E-state index is 0. The van der Waals surface area contributed by atoms with Gasteiger partial charge in [0.1, 0.15) is 5.01 Å². The third-order valence-electron chi connectivity index (χ3n) is 3.74. The van der Waals surface area contributed by atoms with Crippen LogP contribution in [-0.2, 0) is 16.0 Å². The van der Waals surface area contributed by atoms with Crippen LogP contribution in [0.25, 0.3) is 0 Å². The SMILES string of the molecule is CCNC(=NCc1nc(C(C)C)cs1)NCCOCC1CCCO1.I. The third kappa shape index (κ3) is 8.65. The highest BCUT2D eigenvalue weighted by Crippen LogP contribution is 2.18. The number of nitrogens with one attached hydrogen (secondary N) is 2. The van der Waals surface area contributed by atoms with E-state index in [1.54, 1.807) is 11.3 Å². The standard InChI is InChI=1S/C17H30N4O2S.HI/c1-4-18-17(19-7-9-22-11-14-6-5-8-23-14)20-10-16-21-15(12-24-16)13(2)3;/h12-14H,4-11H2,1-3H3,(H2,18,19,20);1H. The first kappa shape index (κ1) is 22.6. The van der Waals surface area contributed by atoms with Gasteiger partial charge < -0.3 is 20.1 Å². The highest BCUT2D eigenvalue weighted by molar-refractivity contribution is 14.0. The summed E-state index contributed by atoms with van der Waals surface area (Å²) < 4.78 is 11.2. The summed E-state index contributed by atoms with van der Waals surface area (Å²) in [4.78, 5) is 9.21. The van der Waals surface area contributed by atoms with Crippen molar-refractivity contribution in [2.24, 2.45) is 4.99 Å². The number of aliphatic imine (C=N–C) groups is 1. The van der Waals surface area contributed by atoms with Gasteiger partial charge in [0.2, 0.25) is 0 Å². The second-order valence-corrected chi connectivity index (χ2v) is 7.10. The summed E-state index contributed by atoms with van der Waals surface area (Å²) in [5, 5.41) is 9.71. The molecule has 2 N–H and O–H groups in total. The minimum Gasteiger partial charge on any atom is -0.377 e. The molecule has 1 unspecified atom stereocenters. The van der Waals surface area contributed by atoms with E-state index in [1.165, 1.54) is 0 Å². The first-order chi connectivity index (χ1) is 11.7. The fourth-order valence-corrected chi connectivity index (χ4v) is 3.26. The highest BCUT2D eigenvalue weighted by atomic mass is 127. The van der Waals surface area contributed by atoms with Crippen LogP contribution in [-0.4, -0.2) is 50.0 Å². The van der Waals surface area contributed by atoms with Crippen molar-refractivity contribution in [1.29, 1.82) is 0 Å². The van der Waals surface area contributed by atoms with E-state index in [1.807, 2.05) is 0 Å². The molecule has 1 aliphatic heterocycles. The lowest BCUT2D eigenvalue weighted by Gasteiger charge is -2.13. The van der Waals surface area contributed by atoms with Crippen LogP contribution < -0.4 is 10.6 Å². The molecule has 0 aliphatic carbocycles. The number of nitrogens with zero attached hydrogens (tertiary/aromatic N) is 2. The molecule has 144 valence electrons. The fraction of sp³-hybridized carbons (Fsp3) is 0.765. The van der Waals surface area contributed by atoms with Crippen molar-refractivity contribution >= 4 is 41.3 Å². The molecular formula is C17H31IN4O2S. The van der Waals surface area contributed by atoms with E-state index in [9.17, 15) is 0 Å². The molecule has 1 atom stereocenters. The smallest absolute Gasteiger partial charge is 0.191 e. The molecule has 25 heavy (non-hydrogen) atoms. The van der Waals surface area contributed by atoms with Gasteiger partial charge in [0.05, 0.1) is 31.6 Å². The van der Waals surface area contributed by atoms with E-state index in [0.29, 0.717) is 25.7 Å². The maximum atomic E-state index is 5.66. The molecule has 0 bridgehead atoms. The summed E-state index contributed by atoms with van der Waals surface area (Å²) >= 11 is 1.67. The average Bonchev–Trinajstić information content (AvgIpc) is 3.23. The van der Waals surface area contributed by atoms with Crippen LogP contribution in [0.5, 0.6) is 0 Å². The zero-order chi connectivity index (χ0) is 17.2. The van der Waals surface area contributed by atoms with E-state index in [-0.39, 0.29) is 30.1 Å². The topological polar surface area (TPSA) is 67.8 Å². The van der Waals surface area contributed by atoms with E-state index in [0.717, 1.165) is 49.2 Å². The Labute approximate surface area is 172 Å². The van der Waals surface area contributed by atoms with E-state index in [4.69, 9.17) is 9.47 Å². The molecule has 0 saturated carbocycles. The van der Waals surface area contributed by atoms with Crippen LogP contribution in [0.3, 0.4) is 0 Å². The zero-order valence-corrected chi connectivity index (χ0v) is 18.6. The van der Waals surface area contributed by atoms with Crippen LogP contribution in [0.15, 0.2) is 10.4 Å². The van der Waals surface area contributed by atoms with Gasteiger partial charge in [-0.25, -0.2) is 9.98 Å². The Morgan fingerprint density at radius 2 is 2.32 bits per heavy atom. The summed E-state index contributed by atoms with van der Waals surface area (Å²) in [5.74, 6) is 1.27. The van der Waals surface area contributed by atoms with Gasteiger partial charge in [-0.05, 0) is 25.7 Å². The van der Waals surface area contributed by atoms with Crippen LogP contribution >= 0.6 is 35.3 Å². The number of hydrogen-bond donors (Lipinski definition) is 2. The largest absolute Gasteiger partial charge is 0.377 e. The molecule has 1 aromatic rings. The summed E-state index contributed by atoms with van der Waals surface area (Å²) in [5.41, 5.74) is 1.14. The molecule has 6 nitrogen and oxygen atoms in total. The lowest BCUT2D eigenvalue weighted by Crippen LogP contribution is -2.39. The fourth-order valence-electron chi connectivity index (χ4n) is 2.38. The molecule has 8 heteroatoms. The molecule has 0 radical (unpaired) electrons. The number of ether oxygens (including phenoxy) is 2. The number of guanidine groups is 1. The van der Waals surface area contributed by atoms with Gasteiger partial charge in [0, 0.05) is 25.1 Å². The summed E-state index contributed by atoms with van der Waals surface area (Å²) in [6, 6.07) is 0. The van der Waals surface area contributed by atoms with Crippen LogP contribution in [0.2, 0.25) is 0 Å². The molecule has 2 rings (SSSR count). The van der Waals surface area contributed by atoms with Gasteiger partial charge in [-0.2, -0.15) is 0 Å². The number of aromatic nitrogens is 1. The zero-order valence-electron chi connectivity index (χ0n) is 15.4. The molecule has 0 spiro atoms. The maximum absolute atomic E-state index is 5.66. The third-order valence-corrected chi connectivity index (χ3v) is 4.60. The van der Waals surface area contributed by atoms with Gasteiger partial charge in [0.25, 0.3) is 0 Å². The van der Waals surface area contributed by atoms with Crippen LogP contribution in [0, 0.1) is 0 Å². The lowest BCUT2D eigenvalue weighted by atomic mass is 10.2. The van der Waals surface area contributed by atoms with Crippen LogP contribution in [0.4, 0.5) is 0 Å². The number of rotatable bonds is 9. The van der Waals surface area contributed by atoms with Crippen molar-refractivity contribution < 1.29 is 9.47 Å². The van der Waals surface area contributed by atoms with Crippen molar-refractivity contribution in [1.82, 2.24) is 15.6 Å². The molecule has 1 fully saturated rings. The average molecular weight is 482 g/mol. The Morgan fingerprint density at radius 1 is 1.48 bits per heavy atom. The molecule has 0 aromatic carbocycles. The molecule has 0 amide bonds. The Kier molecular flexibility index (Phi) is 11.6. The Morgan fingerprint density at radius 3 is 2.96 bits per heavy atom. The first-order valence-corrected chi connectivity index (χ1v) is 9.72. The number of hydrogen-bond acceptors (Lipinski definition) is 5. The van der Waals surface area contributed by atoms with Crippen molar-refractivity contribution in [3.8, 4) is 0 Å². The second kappa shape index (κ2) is 12.8. The summed E-state index contributed by atoms with van der Waals surface area (Å²) in [6.07, 6.45) is 2.55. The van der Waals surface area contributed by atoms with Gasteiger partial charge in [0.15, 0.2) is 5.96 Å². The number of halogens is 1. The second-order valence-electron chi connectivity index (χ2n) is 6.15. The van der Waals surface area contributed by atoms with Crippen molar-refractivity contribution in [3.63, 3.8) is 0 Å². The Bertz CT molecular complexity index is 505. The molecule has 1 saturated heterocycles. The quantitative estimate of drug-likeness (QED) is 0.245. The number of thiazole rings is 1. The minimum atomic E-state index is 0. The highest BCUT2D eigenvalue weighted by Gasteiger charge is 2.14. The van der Waals surface area contributed by atoms with Gasteiger partial charge in [-0.15, -0.1) is 35.3 Å². The lowest BCUT2D eigenvalue weighted by molar-refractivity contribution is 0.0191. The van der Waals surface area contributed by atoms with Crippen molar-refractivity contribution in [2.45, 2.75) is 52.2 Å². The molecule has 1 aliphatic rings. The summed E-state index contributed by atoms with van der Waals surface area (Å²) in [7, 11) is 0. The van der Waals surface area contributed by atoms with E-state index < -0.39 is 0 Å². The van der Waals surface area contributed by atoms with Crippen molar-refractivity contribution in [2.75, 3.05) is 32.9 Å². The molecule has 2 heterocycles. The maximum Gasteiger partial charge on any atom is 0.191 e. The van der Waals surface area contributed by atoms with E-state index >= 15 is 0 Å². The van der Waals surface area contributed by atoms with Crippen molar-refractivity contribution in [3.05, 3.63) is 16.1 Å². The predicted octanol–water partition coefficient (Wildman–Crippen LogP) is 3.14. The Hall–Kier alpha value is -0.450. The van der Waals surface area contributed by atoms with Crippen LogP contribution in [0.1, 0.15) is 50.2 Å². The monoisotopic (exact) mass is 482 g/mol. The van der Waals surface area contributed by atoms with Gasteiger partial charge >= 0.3 is 0 Å². The predicted molar refractivity (Wildman–Crippen MR) is 114 cm³/mol. The molecular weight excluding hydrogens is 451 g/mol. The Balaban J connectivity index is 0.00000312. The normalized spacial score (nSPS) is 17.6. The summed E-state index contributed by atoms with van der Waals surface area (Å²) in [6.45, 7) is 10.7. The molecule has 1 aromatic heterocycles.